The van der Waals surface area contributed by atoms with Crippen molar-refractivity contribution in [3.05, 3.63) is 48.6 Å². The highest BCUT2D eigenvalue weighted by Crippen LogP contribution is 2.53. The molecule has 0 heteroatoms. The van der Waals surface area contributed by atoms with Gasteiger partial charge in [-0.05, 0) is 287 Å². The lowest BCUT2D eigenvalue weighted by molar-refractivity contribution is 0.0455. The Hall–Kier alpha value is -1.04. The smallest absolute Gasteiger partial charge is 0.0199 e. The summed E-state index contributed by atoms with van der Waals surface area (Å²) >= 11 is 0. The first-order valence-corrected chi connectivity index (χ1v) is 37.8. The molecule has 12 saturated carbocycles. The summed E-state index contributed by atoms with van der Waals surface area (Å²) in [7, 11) is 0. The molecule has 28 atom stereocenters. The zero-order valence-corrected chi connectivity index (χ0v) is 58.3. The first kappa shape index (κ1) is 68.5. The standard InChI is InChI=1S/C10H18.2C10H16.2C9H16.C9H14.C9H18.C8H16.C8H14/c3*1-7-8(2)10-5-3-9(7)4-6-10;3*1-6-7(2)9-4-3-8(6)5-9;1-8-6-4-3-5-7-9(8)2;2*1-7-5-3-4-6-8(7)2/h7-10H,3-6H2,1-2H3;2*3,5,7-10H,4,6H2,1-2H3;2*6-9H,3-5H2,1-2H3;3-4,6-9H,5H2,1-2H3;8-9H,3-7H2,1-2H3;7-8H,3-6H2,1-2H3;3-4,7-8H,5-6H2,1-2H3/t7-,8-,9?,10?;2*7-,8-,9-,10+;3*6-,7-,8-,9+;8-,9-;2*7-,8-/m111111000/s1. The summed E-state index contributed by atoms with van der Waals surface area (Å²) in [5.41, 5.74) is 0. The van der Waals surface area contributed by atoms with Crippen molar-refractivity contribution < 1.29 is 0 Å². The van der Waals surface area contributed by atoms with Gasteiger partial charge in [-0.25, -0.2) is 0 Å². The molecule has 0 N–H and O–H groups in total. The fourth-order valence-corrected chi connectivity index (χ4v) is 20.4. The van der Waals surface area contributed by atoms with Crippen LogP contribution >= 0.6 is 0 Å². The van der Waals surface area contributed by atoms with Gasteiger partial charge in [0.25, 0.3) is 0 Å². The maximum absolute atomic E-state index is 2.46. The van der Waals surface area contributed by atoms with Gasteiger partial charge in [0.15, 0.2) is 0 Å². The van der Waals surface area contributed by atoms with E-state index in [9.17, 15) is 0 Å². The van der Waals surface area contributed by atoms with Crippen molar-refractivity contribution in [1.29, 1.82) is 0 Å². The Morgan fingerprint density at radius 3 is 0.585 bits per heavy atom. The maximum Gasteiger partial charge on any atom is -0.0199 e. The van der Waals surface area contributed by atoms with E-state index in [2.05, 4.69) is 173 Å². The minimum Gasteiger partial charge on any atom is -0.0883 e. The first-order chi connectivity index (χ1) is 39.1. The van der Waals surface area contributed by atoms with Crippen LogP contribution < -0.4 is 0 Å². The second-order valence-electron chi connectivity index (χ2n) is 33.9. The first-order valence-electron chi connectivity index (χ1n) is 37.8. The van der Waals surface area contributed by atoms with Crippen LogP contribution in [0, 0.1) is 178 Å². The highest BCUT2D eigenvalue weighted by Gasteiger charge is 2.44. The second kappa shape index (κ2) is 33.0. The second-order valence-corrected chi connectivity index (χ2v) is 33.9. The van der Waals surface area contributed by atoms with Crippen molar-refractivity contribution in [2.75, 3.05) is 0 Å². The van der Waals surface area contributed by atoms with Crippen molar-refractivity contribution in [3.8, 4) is 0 Å². The van der Waals surface area contributed by atoms with E-state index in [0.717, 1.165) is 178 Å². The molecule has 472 valence electrons. The summed E-state index contributed by atoms with van der Waals surface area (Å²) < 4.78 is 0. The van der Waals surface area contributed by atoms with Gasteiger partial charge in [0, 0.05) is 0 Å². The molecule has 0 saturated heterocycles. The van der Waals surface area contributed by atoms with Crippen LogP contribution in [0.3, 0.4) is 0 Å². The lowest BCUT2D eigenvalue weighted by Crippen LogP contribution is -2.36. The van der Waals surface area contributed by atoms with Gasteiger partial charge in [-0.2, -0.15) is 0 Å². The summed E-state index contributed by atoms with van der Waals surface area (Å²) in [4.78, 5) is 0. The van der Waals surface area contributed by atoms with Crippen molar-refractivity contribution in [1.82, 2.24) is 0 Å². The Morgan fingerprint density at radius 2 is 0.402 bits per heavy atom. The topological polar surface area (TPSA) is 0 Å². The van der Waals surface area contributed by atoms with Gasteiger partial charge in [-0.1, -0.05) is 231 Å². The molecule has 0 aromatic heterocycles. The third kappa shape index (κ3) is 18.3. The third-order valence-corrected chi connectivity index (χ3v) is 29.8. The molecule has 0 aliphatic heterocycles. The van der Waals surface area contributed by atoms with Gasteiger partial charge in [0.1, 0.15) is 0 Å². The van der Waals surface area contributed by atoms with E-state index in [1.807, 2.05) is 0 Å². The lowest BCUT2D eigenvalue weighted by atomic mass is 9.60. The molecule has 82 heavy (non-hydrogen) atoms. The van der Waals surface area contributed by atoms with Crippen molar-refractivity contribution in [2.24, 2.45) is 178 Å². The van der Waals surface area contributed by atoms with Crippen molar-refractivity contribution in [2.45, 2.75) is 292 Å². The zero-order valence-electron chi connectivity index (χ0n) is 58.3. The molecule has 0 radical (unpaired) electrons. The summed E-state index contributed by atoms with van der Waals surface area (Å²) in [5.74, 6) is 30.0. The highest BCUT2D eigenvalue weighted by molar-refractivity contribution is 5.12. The van der Waals surface area contributed by atoms with Crippen molar-refractivity contribution >= 4 is 0 Å². The Balaban J connectivity index is 0.000000133. The summed E-state index contributed by atoms with van der Waals surface area (Å²) in [6.45, 7) is 43.3. The molecule has 0 heterocycles. The van der Waals surface area contributed by atoms with Crippen molar-refractivity contribution in [3.63, 3.8) is 0 Å². The Kier molecular flexibility index (Phi) is 27.5. The van der Waals surface area contributed by atoms with Crippen LogP contribution in [-0.4, -0.2) is 0 Å². The van der Waals surface area contributed by atoms with E-state index in [0.29, 0.717) is 0 Å². The fraction of sp³-hybridized carbons (Fsp3) is 0.902. The summed E-state index contributed by atoms with van der Waals surface area (Å²) in [6, 6.07) is 0. The predicted octanol–water partition coefficient (Wildman–Crippen LogP) is 25.3. The molecular formula is C82H144. The quantitative estimate of drug-likeness (QED) is 0.168. The highest BCUT2D eigenvalue weighted by atomic mass is 14.5. The molecule has 0 aromatic carbocycles. The monoisotopic (exact) mass is 1130 g/mol. The Labute approximate surface area is 515 Å². The Bertz CT molecular complexity index is 1700. The summed E-state index contributed by atoms with van der Waals surface area (Å²) in [5, 5.41) is 0. The molecule has 0 nitrogen and oxygen atoms in total. The minimum atomic E-state index is 0.917. The Morgan fingerprint density at radius 1 is 0.183 bits per heavy atom. The predicted molar refractivity (Wildman–Crippen MR) is 363 cm³/mol. The van der Waals surface area contributed by atoms with Crippen LogP contribution in [0.15, 0.2) is 48.6 Å². The van der Waals surface area contributed by atoms with Gasteiger partial charge in [-0.3, -0.25) is 0 Å². The molecule has 18 aliphatic rings. The molecule has 12 bridgehead atoms. The largest absolute Gasteiger partial charge is 0.0883 e. The molecule has 12 fully saturated rings. The molecule has 0 amide bonds. The van der Waals surface area contributed by atoms with Gasteiger partial charge < -0.3 is 0 Å². The SMILES string of the molecule is C[C@@H]1[C@@H](C)[C@H]2C=C[C@@H]1C2.C[C@@H]1[C@@H](C)[C@H]2C=C[C@@H]1CC2.C[C@@H]1[C@@H](C)[C@H]2C=C[C@@H]1CC2.C[C@H]1C2CCC(CC2)[C@@H]1C.C[C@H]1CC=CC[C@@H]1C.C[C@H]1CCCCC[C@@H]1C.C[C@H]1CCCC[C@@H]1C.C[C@H]1[C@@H]2CC[C@@H](C2)[C@@H]1C.C[C@H]1[C@@H]2CC[C@@H](C2)[C@@H]1C. The van der Waals surface area contributed by atoms with E-state index >= 15 is 0 Å². The number of fused-ring (bicyclic) bond motifs is 13. The third-order valence-electron chi connectivity index (χ3n) is 29.8. The molecule has 0 aromatic rings. The van der Waals surface area contributed by atoms with Crippen LogP contribution in [0.25, 0.3) is 0 Å². The number of rotatable bonds is 0. The maximum atomic E-state index is 2.46. The number of hydrogen-bond acceptors (Lipinski definition) is 0. The van der Waals surface area contributed by atoms with E-state index in [1.165, 1.54) is 154 Å². The van der Waals surface area contributed by atoms with Gasteiger partial charge >= 0.3 is 0 Å². The van der Waals surface area contributed by atoms with E-state index in [1.54, 1.807) is 12.8 Å². The normalized spacial score (nSPS) is 49.3. The number of allylic oxidation sites excluding steroid dienone is 8. The molecule has 18 aliphatic carbocycles. The van der Waals surface area contributed by atoms with Gasteiger partial charge in [0.2, 0.25) is 0 Å². The fourth-order valence-electron chi connectivity index (χ4n) is 20.4. The van der Waals surface area contributed by atoms with E-state index < -0.39 is 0 Å². The van der Waals surface area contributed by atoms with Crippen LogP contribution in [0.2, 0.25) is 0 Å². The summed E-state index contributed by atoms with van der Waals surface area (Å²) in [6.07, 6.45) is 57.7. The molecular weight excluding hydrogens is 985 g/mol. The van der Waals surface area contributed by atoms with Crippen LogP contribution in [0.5, 0.6) is 0 Å². The van der Waals surface area contributed by atoms with Crippen LogP contribution in [-0.2, 0) is 0 Å². The van der Waals surface area contributed by atoms with Crippen LogP contribution in [0.1, 0.15) is 292 Å². The minimum absolute atomic E-state index is 0.917. The molecule has 0 spiro atoms. The van der Waals surface area contributed by atoms with E-state index in [-0.39, 0.29) is 0 Å². The van der Waals surface area contributed by atoms with E-state index in [4.69, 9.17) is 0 Å². The number of hydrogen-bond donors (Lipinski definition) is 0. The lowest BCUT2D eigenvalue weighted by Gasteiger charge is -2.46. The molecule has 0 unspecified atom stereocenters. The average molecular weight is 1130 g/mol. The molecule has 18 rings (SSSR count). The van der Waals surface area contributed by atoms with Gasteiger partial charge in [-0.15, -0.1) is 0 Å². The zero-order chi connectivity index (χ0) is 59.4. The van der Waals surface area contributed by atoms with Gasteiger partial charge in [0.05, 0.1) is 0 Å². The van der Waals surface area contributed by atoms with Crippen LogP contribution in [0.4, 0.5) is 0 Å². The average Bonchev–Trinajstić information content (AvgIpc) is 4.46.